The van der Waals surface area contributed by atoms with E-state index in [0.29, 0.717) is 28.9 Å². The van der Waals surface area contributed by atoms with Crippen molar-refractivity contribution in [2.24, 2.45) is 7.05 Å². The third kappa shape index (κ3) is 5.22. The summed E-state index contributed by atoms with van der Waals surface area (Å²) in [5, 5.41) is 12.7. The molecule has 3 N–H and O–H groups in total. The first-order valence-electron chi connectivity index (χ1n) is 14.9. The van der Waals surface area contributed by atoms with E-state index in [1.165, 1.54) is 17.8 Å². The summed E-state index contributed by atoms with van der Waals surface area (Å²) in [6.07, 6.45) is 6.51. The molecule has 1 aliphatic rings. The van der Waals surface area contributed by atoms with E-state index >= 15 is 0 Å². The molecule has 0 unspecified atom stereocenters. The number of benzene rings is 2. The van der Waals surface area contributed by atoms with Crippen LogP contribution in [0.4, 0.5) is 11.5 Å². The highest BCUT2D eigenvalue weighted by atomic mass is 32.2. The number of nitrogens with zero attached hydrogens (tertiary/aromatic N) is 7. The van der Waals surface area contributed by atoms with Crippen molar-refractivity contribution in [2.75, 3.05) is 23.7 Å². The van der Waals surface area contributed by atoms with Crippen LogP contribution in [-0.2, 0) is 23.8 Å². The largest absolute Gasteiger partial charge is 0.370 e. The Kier molecular flexibility index (Phi) is 7.46. The Morgan fingerprint density at radius 3 is 2.56 bits per heavy atom. The first-order chi connectivity index (χ1) is 23.1. The van der Waals surface area contributed by atoms with Crippen molar-refractivity contribution in [1.82, 2.24) is 39.0 Å². The minimum absolute atomic E-state index is 0.0714. The second-order valence-corrected chi connectivity index (χ2v) is 13.0. The van der Waals surface area contributed by atoms with Gasteiger partial charge in [-0.2, -0.15) is 13.5 Å². The Labute approximate surface area is 275 Å². The van der Waals surface area contributed by atoms with Crippen molar-refractivity contribution >= 4 is 44.0 Å². The van der Waals surface area contributed by atoms with Gasteiger partial charge in [0.15, 0.2) is 11.5 Å². The van der Waals surface area contributed by atoms with Gasteiger partial charge < -0.3 is 10.2 Å². The normalized spacial score (nSPS) is 13.0. The van der Waals surface area contributed by atoms with Gasteiger partial charge >= 0.3 is 0 Å². The number of pyridine rings is 1. The molecule has 7 rings (SSSR count). The molecule has 1 atom stereocenters. The second kappa shape index (κ2) is 11.7. The summed E-state index contributed by atoms with van der Waals surface area (Å²) in [4.78, 5) is 35.1. The van der Waals surface area contributed by atoms with Crippen LogP contribution in [0.3, 0.4) is 0 Å². The number of carbonyl (C=O) groups is 1. The second-order valence-electron chi connectivity index (χ2n) is 11.3. The van der Waals surface area contributed by atoms with Crippen LogP contribution in [0, 0.1) is 11.8 Å². The van der Waals surface area contributed by atoms with E-state index in [1.54, 1.807) is 40.8 Å². The summed E-state index contributed by atoms with van der Waals surface area (Å²) in [6.45, 7) is 2.26. The van der Waals surface area contributed by atoms with E-state index in [0.717, 1.165) is 22.2 Å². The molecule has 1 amide bonds. The van der Waals surface area contributed by atoms with Crippen LogP contribution in [-0.4, -0.2) is 57.4 Å². The summed E-state index contributed by atoms with van der Waals surface area (Å²) >= 11 is 0. The number of nitrogens with one attached hydrogen (secondary N) is 3. The molecule has 0 radical (unpaired) electrons. The van der Waals surface area contributed by atoms with Gasteiger partial charge in [-0.1, -0.05) is 30.0 Å². The molecule has 4 aromatic heterocycles. The molecule has 48 heavy (non-hydrogen) atoms. The Morgan fingerprint density at radius 1 is 1.04 bits per heavy atom. The lowest BCUT2D eigenvalue weighted by molar-refractivity contribution is 0.0941. The fourth-order valence-electron chi connectivity index (χ4n) is 6.10. The van der Waals surface area contributed by atoms with Crippen LogP contribution in [0.15, 0.2) is 78.1 Å². The first kappa shape index (κ1) is 30.7. The van der Waals surface area contributed by atoms with Gasteiger partial charge in [0.25, 0.3) is 21.7 Å². The van der Waals surface area contributed by atoms with Crippen molar-refractivity contribution in [3.05, 3.63) is 112 Å². The van der Waals surface area contributed by atoms with E-state index in [9.17, 15) is 18.0 Å². The molecular formula is C33H30N10O4S. The summed E-state index contributed by atoms with van der Waals surface area (Å²) in [7, 11) is 0.988. The maximum Gasteiger partial charge on any atom is 0.300 e. The topological polar surface area (TPSA) is 161 Å². The molecule has 0 bridgehead atoms. The number of aromatic nitrogens is 6. The molecule has 1 aliphatic heterocycles. The lowest BCUT2D eigenvalue weighted by atomic mass is 9.97. The number of hydrogen-bond donors (Lipinski definition) is 3. The monoisotopic (exact) mass is 662 g/mol. The molecule has 242 valence electrons. The van der Waals surface area contributed by atoms with Crippen LogP contribution in [0.2, 0.25) is 0 Å². The number of para-hydroxylation sites is 1. The highest BCUT2D eigenvalue weighted by Gasteiger charge is 2.32. The zero-order chi connectivity index (χ0) is 33.7. The molecule has 2 aromatic carbocycles. The van der Waals surface area contributed by atoms with Crippen molar-refractivity contribution in [3.63, 3.8) is 0 Å². The molecule has 5 heterocycles. The summed E-state index contributed by atoms with van der Waals surface area (Å²) in [5.74, 6) is 5.50. The Bertz CT molecular complexity index is 2490. The zero-order valence-electron chi connectivity index (χ0n) is 26.4. The maximum atomic E-state index is 14.7. The van der Waals surface area contributed by atoms with Gasteiger partial charge in [0, 0.05) is 74.2 Å². The third-order valence-corrected chi connectivity index (χ3v) is 9.20. The van der Waals surface area contributed by atoms with Crippen LogP contribution in [0.1, 0.15) is 45.7 Å². The predicted molar refractivity (Wildman–Crippen MR) is 181 cm³/mol. The van der Waals surface area contributed by atoms with Crippen LogP contribution in [0.25, 0.3) is 22.1 Å². The zero-order valence-corrected chi connectivity index (χ0v) is 27.2. The number of fused-ring (bicyclic) bond motifs is 1. The van der Waals surface area contributed by atoms with Gasteiger partial charge in [-0.25, -0.2) is 14.2 Å². The first-order valence-corrected chi connectivity index (χ1v) is 16.4. The van der Waals surface area contributed by atoms with Crippen LogP contribution >= 0.6 is 0 Å². The van der Waals surface area contributed by atoms with Crippen LogP contribution in [0.5, 0.6) is 0 Å². The van der Waals surface area contributed by atoms with Gasteiger partial charge in [0.1, 0.15) is 5.56 Å². The third-order valence-electron chi connectivity index (χ3n) is 8.20. The standard InChI is InChI=1S/C33H30N10O4S/c1-20(37-32(44)28-30(39-48(46,47)34-2)38-42-16-8-15-35-31(28)42)29-24-19-40(3)25-14-13-22(12-11-21-17-36-41(4)18-21)26(27(24)25)33(45)43(29)23-9-6-5-7-10-23/h5-10,13-18,20,34H,19H2,1-4H3,(H,37,44)(H,38,39)/t20-/m0/s1. The van der Waals surface area contributed by atoms with Crippen molar-refractivity contribution in [2.45, 2.75) is 19.5 Å². The molecular weight excluding hydrogens is 632 g/mol. The molecule has 0 saturated carbocycles. The van der Waals surface area contributed by atoms with Gasteiger partial charge in [-0.3, -0.25) is 23.6 Å². The maximum absolute atomic E-state index is 14.7. The minimum atomic E-state index is -4.02. The number of anilines is 2. The smallest absolute Gasteiger partial charge is 0.300 e. The minimum Gasteiger partial charge on any atom is -0.370 e. The lowest BCUT2D eigenvalue weighted by Crippen LogP contribution is -2.34. The van der Waals surface area contributed by atoms with Gasteiger partial charge in [0.05, 0.1) is 28.9 Å². The average molecular weight is 663 g/mol. The molecule has 0 fully saturated rings. The van der Waals surface area contributed by atoms with E-state index < -0.39 is 22.2 Å². The van der Waals surface area contributed by atoms with Gasteiger partial charge in [0.2, 0.25) is 0 Å². The van der Waals surface area contributed by atoms with Crippen LogP contribution < -0.4 is 25.2 Å². The van der Waals surface area contributed by atoms with E-state index in [-0.39, 0.29) is 22.6 Å². The molecule has 6 aromatic rings. The number of carbonyl (C=O) groups excluding carboxylic acids is 1. The highest BCUT2D eigenvalue weighted by Crippen LogP contribution is 2.40. The Morgan fingerprint density at radius 2 is 1.83 bits per heavy atom. The van der Waals surface area contributed by atoms with E-state index in [2.05, 4.69) is 46.7 Å². The Balaban J connectivity index is 1.41. The summed E-state index contributed by atoms with van der Waals surface area (Å²) in [6, 6.07) is 13.9. The fourth-order valence-corrected chi connectivity index (χ4v) is 6.60. The summed E-state index contributed by atoms with van der Waals surface area (Å²) < 4.78 is 33.9. The fraction of sp³-hybridized carbons (Fsp3) is 0.182. The average Bonchev–Trinajstić information content (AvgIpc) is 3.76. The predicted octanol–water partition coefficient (Wildman–Crippen LogP) is 2.48. The van der Waals surface area contributed by atoms with Crippen molar-refractivity contribution < 1.29 is 13.2 Å². The molecule has 0 aliphatic carbocycles. The molecule has 0 spiro atoms. The quantitative estimate of drug-likeness (QED) is 0.220. The van der Waals surface area contributed by atoms with Gasteiger partial charge in [-0.05, 0) is 37.3 Å². The molecule has 15 heteroatoms. The summed E-state index contributed by atoms with van der Waals surface area (Å²) in [5.41, 5.74) is 4.01. The number of rotatable bonds is 7. The number of hydrogen-bond acceptors (Lipinski definition) is 8. The SMILES string of the molecule is CNS(=O)(=O)Nc1nn2cccnc2c1C(=O)N[C@@H](C)c1c2c3c(ccc(C#Cc4cnn(C)c4)c3c(=O)n1-c1ccccc1)N(C)C2. The molecule has 14 nitrogen and oxygen atoms in total. The lowest BCUT2D eigenvalue weighted by Gasteiger charge is -2.23. The highest BCUT2D eigenvalue weighted by molar-refractivity contribution is 7.90. The van der Waals surface area contributed by atoms with E-state index in [4.69, 9.17) is 0 Å². The number of aryl methyl sites for hydroxylation is 1. The van der Waals surface area contributed by atoms with Crippen molar-refractivity contribution in [3.8, 4) is 17.5 Å². The Hall–Kier alpha value is -5.98. The van der Waals surface area contributed by atoms with Crippen molar-refractivity contribution in [1.29, 1.82) is 0 Å². The van der Waals surface area contributed by atoms with E-state index in [1.807, 2.05) is 56.6 Å². The molecule has 0 saturated heterocycles. The number of amides is 1. The van der Waals surface area contributed by atoms with Gasteiger partial charge in [-0.15, -0.1) is 5.10 Å².